The van der Waals surface area contributed by atoms with Crippen molar-refractivity contribution >= 4 is 33.9 Å². The van der Waals surface area contributed by atoms with E-state index >= 15 is 0 Å². The van der Waals surface area contributed by atoms with Crippen LogP contribution in [-0.4, -0.2) is 21.6 Å². The molecule has 0 saturated heterocycles. The average molecular weight is 386 g/mol. The van der Waals surface area contributed by atoms with E-state index in [1.165, 1.54) is 23.5 Å². The van der Waals surface area contributed by atoms with Crippen molar-refractivity contribution < 1.29 is 9.59 Å². The van der Waals surface area contributed by atoms with E-state index in [1.807, 2.05) is 13.8 Å². The molecule has 0 aliphatic rings. The molecule has 2 amide bonds. The lowest BCUT2D eigenvalue weighted by Crippen LogP contribution is -2.45. The molecule has 3 rings (SSSR count). The molecule has 140 valence electrons. The highest BCUT2D eigenvalue weighted by atomic mass is 32.1. The molecule has 0 aliphatic carbocycles. The van der Waals surface area contributed by atoms with Crippen molar-refractivity contribution in [3.63, 3.8) is 0 Å². The molecule has 0 bridgehead atoms. The second-order valence-corrected chi connectivity index (χ2v) is 7.09. The number of hydrazine groups is 1. The van der Waals surface area contributed by atoms with E-state index in [4.69, 9.17) is 0 Å². The van der Waals surface area contributed by atoms with Crippen LogP contribution < -0.4 is 22.0 Å². The lowest BCUT2D eigenvalue weighted by molar-refractivity contribution is -0.122. The summed E-state index contributed by atoms with van der Waals surface area (Å²) in [4.78, 5) is 50.2. The van der Waals surface area contributed by atoms with Gasteiger partial charge in [-0.3, -0.25) is 35.1 Å². The van der Waals surface area contributed by atoms with E-state index in [2.05, 4.69) is 16.0 Å². The van der Waals surface area contributed by atoms with Crippen molar-refractivity contribution in [1.82, 2.24) is 20.6 Å². The Labute approximate surface area is 157 Å². The van der Waals surface area contributed by atoms with Crippen LogP contribution in [0.2, 0.25) is 0 Å². The van der Waals surface area contributed by atoms with E-state index < -0.39 is 29.5 Å². The highest BCUT2D eigenvalue weighted by molar-refractivity contribution is 7.14. The Morgan fingerprint density at radius 3 is 2.52 bits per heavy atom. The molecule has 2 heterocycles. The summed E-state index contributed by atoms with van der Waals surface area (Å²) >= 11 is 1.36. The predicted molar refractivity (Wildman–Crippen MR) is 103 cm³/mol. The maximum Gasteiger partial charge on any atom is 0.279 e. The second-order valence-electron chi connectivity index (χ2n) is 5.95. The van der Waals surface area contributed by atoms with Gasteiger partial charge in [-0.1, -0.05) is 19.1 Å². The van der Waals surface area contributed by atoms with Crippen LogP contribution in [0.5, 0.6) is 0 Å². The SMILES string of the molecule is CCc1sc(C(=O)NNC(=O)Cn2[nH]c(=O)c3ccccc3c2=O)cc1C. The first-order valence-electron chi connectivity index (χ1n) is 8.31. The molecular formula is C18H18N4O4S. The Bertz CT molecular complexity index is 1140. The molecule has 1 aromatic carbocycles. The smallest absolute Gasteiger partial charge is 0.271 e. The number of hydrogen-bond donors (Lipinski definition) is 3. The fourth-order valence-electron chi connectivity index (χ4n) is 2.71. The van der Waals surface area contributed by atoms with E-state index in [-0.39, 0.29) is 10.8 Å². The van der Waals surface area contributed by atoms with Gasteiger partial charge < -0.3 is 0 Å². The van der Waals surface area contributed by atoms with E-state index in [0.29, 0.717) is 4.88 Å². The predicted octanol–water partition coefficient (Wildman–Crippen LogP) is 1.08. The zero-order valence-electron chi connectivity index (χ0n) is 14.8. The first-order valence-corrected chi connectivity index (χ1v) is 9.12. The van der Waals surface area contributed by atoms with Gasteiger partial charge in [-0.15, -0.1) is 11.3 Å². The van der Waals surface area contributed by atoms with Crippen LogP contribution in [0.4, 0.5) is 0 Å². The number of fused-ring (bicyclic) bond motifs is 1. The molecule has 0 aliphatic heterocycles. The Hall–Kier alpha value is -3.20. The van der Waals surface area contributed by atoms with Crippen LogP contribution in [0.3, 0.4) is 0 Å². The number of hydrogen-bond acceptors (Lipinski definition) is 5. The number of amides is 2. The molecule has 0 atom stereocenters. The van der Waals surface area contributed by atoms with Gasteiger partial charge >= 0.3 is 0 Å². The van der Waals surface area contributed by atoms with Gasteiger partial charge in [-0.2, -0.15) is 0 Å². The Balaban J connectivity index is 1.70. The van der Waals surface area contributed by atoms with Crippen molar-refractivity contribution in [2.75, 3.05) is 0 Å². The van der Waals surface area contributed by atoms with Gasteiger partial charge in [-0.05, 0) is 37.1 Å². The minimum absolute atomic E-state index is 0.222. The fourth-order valence-corrected chi connectivity index (χ4v) is 3.72. The lowest BCUT2D eigenvalue weighted by atomic mass is 10.2. The Morgan fingerprint density at radius 1 is 1.15 bits per heavy atom. The third-order valence-corrected chi connectivity index (χ3v) is 5.45. The molecule has 9 heteroatoms. The van der Waals surface area contributed by atoms with Gasteiger partial charge in [0.25, 0.3) is 22.9 Å². The van der Waals surface area contributed by atoms with Gasteiger partial charge in [0.05, 0.1) is 15.6 Å². The van der Waals surface area contributed by atoms with Crippen LogP contribution in [0, 0.1) is 6.92 Å². The number of benzene rings is 1. The summed E-state index contributed by atoms with van der Waals surface area (Å²) in [6, 6.07) is 8.11. The first kappa shape index (κ1) is 18.6. The summed E-state index contributed by atoms with van der Waals surface area (Å²) in [6.07, 6.45) is 0.828. The van der Waals surface area contributed by atoms with Crippen LogP contribution in [0.1, 0.15) is 27.0 Å². The Kier molecular flexibility index (Phi) is 5.22. The monoisotopic (exact) mass is 386 g/mol. The van der Waals surface area contributed by atoms with Crippen molar-refractivity contribution in [2.24, 2.45) is 0 Å². The number of carbonyl (C=O) groups is 2. The van der Waals surface area contributed by atoms with Gasteiger partial charge in [0.15, 0.2) is 0 Å². The highest BCUT2D eigenvalue weighted by Gasteiger charge is 2.14. The van der Waals surface area contributed by atoms with Crippen molar-refractivity contribution in [2.45, 2.75) is 26.8 Å². The molecule has 27 heavy (non-hydrogen) atoms. The van der Waals surface area contributed by atoms with Gasteiger partial charge in [0.1, 0.15) is 6.54 Å². The number of H-pyrrole nitrogens is 1. The molecule has 0 unspecified atom stereocenters. The number of aryl methyl sites for hydroxylation is 2. The zero-order chi connectivity index (χ0) is 19.6. The lowest BCUT2D eigenvalue weighted by Gasteiger charge is -2.09. The highest BCUT2D eigenvalue weighted by Crippen LogP contribution is 2.21. The van der Waals surface area contributed by atoms with Crippen LogP contribution in [0.15, 0.2) is 39.9 Å². The first-order chi connectivity index (χ1) is 12.9. The number of nitrogens with zero attached hydrogens (tertiary/aromatic N) is 1. The molecule has 0 saturated carbocycles. The summed E-state index contributed by atoms with van der Waals surface area (Å²) < 4.78 is 0.913. The van der Waals surface area contributed by atoms with E-state index in [0.717, 1.165) is 21.5 Å². The maximum atomic E-state index is 12.4. The normalized spacial score (nSPS) is 10.7. The quantitative estimate of drug-likeness (QED) is 0.582. The number of thiophene rings is 1. The summed E-state index contributed by atoms with van der Waals surface area (Å²) in [5.74, 6) is -1.07. The van der Waals surface area contributed by atoms with Crippen molar-refractivity contribution in [1.29, 1.82) is 0 Å². The largest absolute Gasteiger partial charge is 0.279 e. The van der Waals surface area contributed by atoms with Gasteiger partial charge in [-0.25, -0.2) is 4.68 Å². The van der Waals surface area contributed by atoms with E-state index in [1.54, 1.807) is 18.2 Å². The zero-order valence-corrected chi connectivity index (χ0v) is 15.6. The summed E-state index contributed by atoms with van der Waals surface area (Å²) in [6.45, 7) is 3.50. The number of aromatic nitrogens is 2. The van der Waals surface area contributed by atoms with E-state index in [9.17, 15) is 19.2 Å². The third kappa shape index (κ3) is 3.82. The number of carbonyl (C=O) groups excluding carboxylic acids is 2. The van der Waals surface area contributed by atoms with Crippen molar-refractivity contribution in [3.05, 3.63) is 66.4 Å². The van der Waals surface area contributed by atoms with Crippen LogP contribution in [0.25, 0.3) is 10.8 Å². The number of aromatic amines is 1. The molecule has 8 nitrogen and oxygen atoms in total. The number of nitrogens with one attached hydrogen (secondary N) is 3. The van der Waals surface area contributed by atoms with Gasteiger partial charge in [0.2, 0.25) is 0 Å². The van der Waals surface area contributed by atoms with Crippen LogP contribution >= 0.6 is 11.3 Å². The molecule has 3 aromatic rings. The van der Waals surface area contributed by atoms with Gasteiger partial charge in [0, 0.05) is 4.88 Å². The average Bonchev–Trinajstić information content (AvgIpc) is 3.05. The maximum absolute atomic E-state index is 12.4. The van der Waals surface area contributed by atoms with Crippen molar-refractivity contribution in [3.8, 4) is 0 Å². The number of rotatable bonds is 4. The molecule has 3 N–H and O–H groups in total. The Morgan fingerprint density at radius 2 is 1.85 bits per heavy atom. The molecule has 0 spiro atoms. The summed E-state index contributed by atoms with van der Waals surface area (Å²) in [7, 11) is 0. The molecule has 0 fully saturated rings. The second kappa shape index (κ2) is 7.58. The minimum Gasteiger partial charge on any atom is -0.271 e. The summed E-state index contributed by atoms with van der Waals surface area (Å²) in [5.41, 5.74) is 4.64. The standard InChI is InChI=1S/C18H18N4O4S/c1-3-13-10(2)8-14(27-13)17(25)20-19-15(23)9-22-18(26)12-7-5-4-6-11(12)16(24)21-22/h4-8H,3,9H2,1-2H3,(H,19,23)(H,20,25)(H,21,24). The molecule has 0 radical (unpaired) electrons. The third-order valence-electron chi connectivity index (χ3n) is 4.07. The topological polar surface area (TPSA) is 113 Å². The molecule has 2 aromatic heterocycles. The summed E-state index contributed by atoms with van der Waals surface area (Å²) in [5, 5.41) is 2.84. The van der Waals surface area contributed by atoms with Crippen LogP contribution in [-0.2, 0) is 17.8 Å². The molecular weight excluding hydrogens is 368 g/mol. The fraction of sp³-hybridized carbons (Fsp3) is 0.222. The minimum atomic E-state index is -0.639.